The third-order valence-electron chi connectivity index (χ3n) is 3.04. The number of rotatable bonds is 2. The average molecular weight is 249 g/mol. The molecule has 0 atom stereocenters. The zero-order valence-electron chi connectivity index (χ0n) is 11.0. The van der Waals surface area contributed by atoms with E-state index in [9.17, 15) is 0 Å². The first-order chi connectivity index (χ1) is 9.22. The molecule has 3 aromatic rings. The van der Waals surface area contributed by atoms with Crippen LogP contribution in [0.5, 0.6) is 0 Å². The Hall–Kier alpha value is -2.42. The largest absolute Gasteiger partial charge is 0.251 e. The van der Waals surface area contributed by atoms with Gasteiger partial charge in [-0.15, -0.1) is 0 Å². The van der Waals surface area contributed by atoms with Crippen LogP contribution in [0.25, 0.3) is 17.1 Å². The van der Waals surface area contributed by atoms with Crippen LogP contribution in [0.1, 0.15) is 11.3 Å². The van der Waals surface area contributed by atoms with E-state index >= 15 is 0 Å². The normalized spacial score (nSPS) is 10.6. The van der Waals surface area contributed by atoms with Gasteiger partial charge in [-0.3, -0.25) is 4.98 Å². The van der Waals surface area contributed by atoms with Gasteiger partial charge in [-0.25, -0.2) is 4.68 Å². The first kappa shape index (κ1) is 11.7. The number of benzene rings is 1. The van der Waals surface area contributed by atoms with Gasteiger partial charge < -0.3 is 0 Å². The van der Waals surface area contributed by atoms with Crippen LogP contribution in [0, 0.1) is 13.8 Å². The predicted octanol–water partition coefficient (Wildman–Crippen LogP) is 3.55. The van der Waals surface area contributed by atoms with Crippen molar-refractivity contribution in [3.63, 3.8) is 0 Å². The molecule has 2 aromatic heterocycles. The molecule has 1 aromatic carbocycles. The maximum absolute atomic E-state index is 4.58. The minimum atomic E-state index is 0.893. The van der Waals surface area contributed by atoms with Crippen LogP contribution in [-0.2, 0) is 0 Å². The molecule has 3 rings (SSSR count). The van der Waals surface area contributed by atoms with Crippen molar-refractivity contribution in [1.82, 2.24) is 14.8 Å². The second kappa shape index (κ2) is 4.69. The quantitative estimate of drug-likeness (QED) is 0.695. The SMILES string of the molecule is Cc1ccc(-n2ccc(-c3cccc(C)n3)n2)cc1. The van der Waals surface area contributed by atoms with Gasteiger partial charge in [0.25, 0.3) is 0 Å². The zero-order chi connectivity index (χ0) is 13.2. The highest BCUT2D eigenvalue weighted by molar-refractivity contribution is 5.54. The molecular weight excluding hydrogens is 234 g/mol. The zero-order valence-corrected chi connectivity index (χ0v) is 11.0. The Morgan fingerprint density at radius 2 is 1.63 bits per heavy atom. The molecule has 0 aliphatic heterocycles. The Bertz CT molecular complexity index is 696. The summed E-state index contributed by atoms with van der Waals surface area (Å²) in [6, 6.07) is 16.3. The molecule has 3 nitrogen and oxygen atoms in total. The number of pyridine rings is 1. The highest BCUT2D eigenvalue weighted by Crippen LogP contribution is 2.17. The molecule has 0 saturated heterocycles. The van der Waals surface area contributed by atoms with Crippen molar-refractivity contribution in [1.29, 1.82) is 0 Å². The van der Waals surface area contributed by atoms with Crippen LogP contribution in [0.2, 0.25) is 0 Å². The minimum Gasteiger partial charge on any atom is -0.251 e. The lowest BCUT2D eigenvalue weighted by molar-refractivity contribution is 0.881. The fraction of sp³-hybridized carbons (Fsp3) is 0.125. The molecule has 0 saturated carbocycles. The summed E-state index contributed by atoms with van der Waals surface area (Å²) in [5, 5.41) is 4.58. The first-order valence-electron chi connectivity index (χ1n) is 6.29. The second-order valence-corrected chi connectivity index (χ2v) is 4.65. The fourth-order valence-electron chi connectivity index (χ4n) is 1.99. The molecule has 0 aliphatic rings. The molecule has 0 unspecified atom stereocenters. The van der Waals surface area contributed by atoms with Gasteiger partial charge in [0, 0.05) is 11.9 Å². The Balaban J connectivity index is 1.97. The van der Waals surface area contributed by atoms with E-state index in [4.69, 9.17) is 0 Å². The van der Waals surface area contributed by atoms with Gasteiger partial charge in [-0.2, -0.15) is 5.10 Å². The number of aryl methyl sites for hydroxylation is 2. The minimum absolute atomic E-state index is 0.893. The van der Waals surface area contributed by atoms with E-state index in [2.05, 4.69) is 41.3 Å². The third kappa shape index (κ3) is 2.40. The van der Waals surface area contributed by atoms with E-state index < -0.39 is 0 Å². The van der Waals surface area contributed by atoms with Gasteiger partial charge in [0.2, 0.25) is 0 Å². The summed E-state index contributed by atoms with van der Waals surface area (Å²) in [5.74, 6) is 0. The standard InChI is InChI=1S/C16H15N3/c1-12-6-8-14(9-7-12)19-11-10-16(18-19)15-5-3-4-13(2)17-15/h3-11H,1-2H3. The highest BCUT2D eigenvalue weighted by atomic mass is 15.3. The van der Waals surface area contributed by atoms with Crippen LogP contribution in [-0.4, -0.2) is 14.8 Å². The van der Waals surface area contributed by atoms with Crippen LogP contribution in [0.4, 0.5) is 0 Å². The summed E-state index contributed by atoms with van der Waals surface area (Å²) >= 11 is 0. The molecule has 0 bridgehead atoms. The van der Waals surface area contributed by atoms with Gasteiger partial charge >= 0.3 is 0 Å². The number of aromatic nitrogens is 3. The van der Waals surface area contributed by atoms with E-state index in [1.165, 1.54) is 5.56 Å². The van der Waals surface area contributed by atoms with E-state index in [0.29, 0.717) is 0 Å². The highest BCUT2D eigenvalue weighted by Gasteiger charge is 2.05. The van der Waals surface area contributed by atoms with Crippen molar-refractivity contribution >= 4 is 0 Å². The summed E-state index contributed by atoms with van der Waals surface area (Å²) in [5.41, 5.74) is 5.11. The molecule has 94 valence electrons. The smallest absolute Gasteiger partial charge is 0.111 e. The molecule has 0 radical (unpaired) electrons. The van der Waals surface area contributed by atoms with Crippen molar-refractivity contribution < 1.29 is 0 Å². The molecule has 2 heterocycles. The van der Waals surface area contributed by atoms with Crippen LogP contribution < -0.4 is 0 Å². The van der Waals surface area contributed by atoms with Crippen LogP contribution >= 0.6 is 0 Å². The number of hydrogen-bond acceptors (Lipinski definition) is 2. The first-order valence-corrected chi connectivity index (χ1v) is 6.29. The topological polar surface area (TPSA) is 30.7 Å². The van der Waals surface area contributed by atoms with Crippen molar-refractivity contribution in [3.05, 3.63) is 66.0 Å². The lowest BCUT2D eigenvalue weighted by Crippen LogP contribution is -1.95. The molecule has 0 amide bonds. The molecular formula is C16H15N3. The summed E-state index contributed by atoms with van der Waals surface area (Å²) in [6.45, 7) is 4.06. The van der Waals surface area contributed by atoms with Crippen molar-refractivity contribution in [2.24, 2.45) is 0 Å². The Kier molecular flexibility index (Phi) is 2.88. The Labute approximate surface area is 112 Å². The van der Waals surface area contributed by atoms with Crippen LogP contribution in [0.3, 0.4) is 0 Å². The monoisotopic (exact) mass is 249 g/mol. The van der Waals surface area contributed by atoms with Gasteiger partial charge in [0.15, 0.2) is 0 Å². The van der Waals surface area contributed by atoms with E-state index in [1.54, 1.807) is 0 Å². The van der Waals surface area contributed by atoms with Crippen molar-refractivity contribution in [3.8, 4) is 17.1 Å². The molecule has 0 spiro atoms. The Morgan fingerprint density at radius 1 is 0.842 bits per heavy atom. The lowest BCUT2D eigenvalue weighted by atomic mass is 10.2. The third-order valence-corrected chi connectivity index (χ3v) is 3.04. The maximum Gasteiger partial charge on any atom is 0.111 e. The molecule has 0 fully saturated rings. The van der Waals surface area contributed by atoms with Gasteiger partial charge in [-0.1, -0.05) is 23.8 Å². The molecule has 0 aliphatic carbocycles. The van der Waals surface area contributed by atoms with E-state index in [0.717, 1.165) is 22.8 Å². The van der Waals surface area contributed by atoms with E-state index in [1.807, 2.05) is 42.1 Å². The average Bonchev–Trinajstić information content (AvgIpc) is 2.89. The molecule has 3 heteroatoms. The van der Waals surface area contributed by atoms with Crippen molar-refractivity contribution in [2.45, 2.75) is 13.8 Å². The molecule has 0 N–H and O–H groups in total. The van der Waals surface area contributed by atoms with Gasteiger partial charge in [0.05, 0.1) is 11.4 Å². The van der Waals surface area contributed by atoms with Gasteiger partial charge in [0.1, 0.15) is 5.69 Å². The summed E-state index contributed by atoms with van der Waals surface area (Å²) in [6.07, 6.45) is 1.96. The van der Waals surface area contributed by atoms with Crippen molar-refractivity contribution in [2.75, 3.05) is 0 Å². The molecule has 19 heavy (non-hydrogen) atoms. The summed E-state index contributed by atoms with van der Waals surface area (Å²) in [7, 11) is 0. The summed E-state index contributed by atoms with van der Waals surface area (Å²) in [4.78, 5) is 4.49. The van der Waals surface area contributed by atoms with E-state index in [-0.39, 0.29) is 0 Å². The number of hydrogen-bond donors (Lipinski definition) is 0. The lowest BCUT2D eigenvalue weighted by Gasteiger charge is -2.01. The predicted molar refractivity (Wildman–Crippen MR) is 76.3 cm³/mol. The number of nitrogens with zero attached hydrogens (tertiary/aromatic N) is 3. The second-order valence-electron chi connectivity index (χ2n) is 4.65. The Morgan fingerprint density at radius 3 is 2.37 bits per heavy atom. The summed E-state index contributed by atoms with van der Waals surface area (Å²) < 4.78 is 1.87. The van der Waals surface area contributed by atoms with Crippen LogP contribution in [0.15, 0.2) is 54.7 Å². The maximum atomic E-state index is 4.58. The fourth-order valence-corrected chi connectivity index (χ4v) is 1.99. The van der Waals surface area contributed by atoms with Gasteiger partial charge in [-0.05, 0) is 44.2 Å².